The van der Waals surface area contributed by atoms with E-state index in [2.05, 4.69) is 9.97 Å². The van der Waals surface area contributed by atoms with Gasteiger partial charge in [0, 0.05) is 104 Å². The van der Waals surface area contributed by atoms with E-state index in [4.69, 9.17) is 11.5 Å². The maximum absolute atomic E-state index is 10.4. The second kappa shape index (κ2) is 36.9. The van der Waals surface area contributed by atoms with Gasteiger partial charge >= 0.3 is 54.6 Å². The van der Waals surface area contributed by atoms with E-state index in [0.29, 0.717) is 11.1 Å². The topological polar surface area (TPSA) is 351 Å². The van der Waals surface area contributed by atoms with E-state index in [-0.39, 0.29) is 87.8 Å². The van der Waals surface area contributed by atoms with Crippen LogP contribution >= 0.6 is 0 Å². The summed E-state index contributed by atoms with van der Waals surface area (Å²) in [5, 5.41) is 41.4. The maximum atomic E-state index is 10.4. The summed E-state index contributed by atoms with van der Waals surface area (Å²) in [5.74, 6) is -5.44. The van der Waals surface area contributed by atoms with Gasteiger partial charge in [0.05, 0.1) is 35.0 Å². The third-order valence-electron chi connectivity index (χ3n) is 8.37. The van der Waals surface area contributed by atoms with Crippen molar-refractivity contribution in [2.24, 2.45) is 11.5 Å². The molecule has 4 aromatic carbocycles. The number of benzene rings is 4. The zero-order valence-electron chi connectivity index (χ0n) is 40.3. The van der Waals surface area contributed by atoms with Gasteiger partial charge in [-0.1, -0.05) is 48.5 Å². The molecule has 0 radical (unpaired) electrons. The van der Waals surface area contributed by atoms with Crippen LogP contribution in [-0.2, 0) is 65.5 Å². The molecular weight excluding hydrogens is 1110 g/mol. The number of carboxylic acid groups (broad SMARTS) is 4. The van der Waals surface area contributed by atoms with E-state index in [1.807, 2.05) is 76.0 Å². The predicted octanol–water partition coefficient (Wildman–Crippen LogP) is -1.02. The standard InChI is InChI=1S/4C9H11NO2.2C6H6N2O.2Cd.2H2O/c4*1-10(2)8-5-3-7(4-6-8)9(11)12;2*7-6(9)5-2-1-3-8-4-5;;;;/h4*3-6H,1-2H3,(H,11,12);2*1-4H,(H2,7,9);;;2*1H2/q;;;;;;2*+2;;/p-2. The van der Waals surface area contributed by atoms with Crippen molar-refractivity contribution in [3.8, 4) is 0 Å². The van der Waals surface area contributed by atoms with Crippen LogP contribution in [0.5, 0.6) is 0 Å². The average Bonchev–Trinajstić information content (AvgIpc) is 3.30. The molecule has 2 heterocycles. The molecule has 70 heavy (non-hydrogen) atoms. The van der Waals surface area contributed by atoms with Gasteiger partial charge in [0.1, 0.15) is 0 Å². The number of amides is 2. The number of anilines is 4. The zero-order valence-corrected chi connectivity index (χ0v) is 48.4. The van der Waals surface area contributed by atoms with Gasteiger partial charge in [0.15, 0.2) is 0 Å². The third kappa shape index (κ3) is 27.7. The molecule has 0 bridgehead atoms. The minimum Gasteiger partial charge on any atom is -0.545 e. The zero-order chi connectivity index (χ0) is 49.9. The summed E-state index contributed by atoms with van der Waals surface area (Å²) in [4.78, 5) is 77.2. The van der Waals surface area contributed by atoms with Gasteiger partial charge in [-0.05, 0) is 95.1 Å². The Morgan fingerprint density at radius 1 is 0.357 bits per heavy atom. The molecule has 364 valence electrons. The second-order valence-electron chi connectivity index (χ2n) is 14.1. The number of hydrogen-bond donors (Lipinski definition) is 2. The van der Waals surface area contributed by atoms with E-state index >= 15 is 0 Å². The van der Waals surface area contributed by atoms with Crippen LogP contribution in [-0.4, -0.2) is 102 Å². The van der Waals surface area contributed by atoms with Gasteiger partial charge in [-0.25, -0.2) is 0 Å². The Hall–Kier alpha value is -7.04. The van der Waals surface area contributed by atoms with Crippen molar-refractivity contribution < 1.29 is 115 Å². The van der Waals surface area contributed by atoms with E-state index in [0.717, 1.165) is 22.7 Å². The Bertz CT molecular complexity index is 2140. The molecule has 6 aromatic rings. The van der Waals surface area contributed by atoms with Crippen LogP contribution in [0.1, 0.15) is 62.1 Å². The van der Waals surface area contributed by atoms with Crippen LogP contribution in [0.25, 0.3) is 0 Å². The fraction of sp³-hybridized carbons (Fsp3) is 0.167. The fourth-order valence-electron chi connectivity index (χ4n) is 4.60. The Kier molecular flexibility index (Phi) is 36.7. The quantitative estimate of drug-likeness (QED) is 0.122. The van der Waals surface area contributed by atoms with Crippen molar-refractivity contribution in [3.63, 3.8) is 0 Å². The Labute approximate surface area is 447 Å². The SMILES string of the molecule is CN(C)c1ccc(C(=O)[O-])cc1.CN(C)c1ccc(C(=O)[O-])cc1.CN(C)c1ccc(C(=O)[O-])cc1.CN(C)c1ccc(C(=O)[O-])cc1.NC(=O)c1cccnc1.NC(=O)c1cccnc1.[Cd+2].[Cd+2].[OH3+].[OH3+]. The minimum absolute atomic E-state index is 0. The number of carbonyl (C=O) groups is 6. The molecule has 0 aliphatic rings. The molecule has 2 amide bonds. The van der Waals surface area contributed by atoms with Crippen LogP contribution in [0, 0.1) is 0 Å². The van der Waals surface area contributed by atoms with Crippen LogP contribution in [0.2, 0.25) is 0 Å². The molecule has 0 aliphatic heterocycles. The van der Waals surface area contributed by atoms with Crippen LogP contribution in [0.15, 0.2) is 146 Å². The summed E-state index contributed by atoms with van der Waals surface area (Å²) in [7, 11) is 15.2. The number of nitrogens with zero attached hydrogens (tertiary/aromatic N) is 6. The van der Waals surface area contributed by atoms with Crippen molar-refractivity contribution in [1.82, 2.24) is 9.97 Å². The number of primary amides is 2. The maximum Gasteiger partial charge on any atom is 2.00 e. The summed E-state index contributed by atoms with van der Waals surface area (Å²) in [6, 6.07) is 32.8. The molecular formula is C48H58Cd2N8O12+2. The van der Waals surface area contributed by atoms with Crippen LogP contribution < -0.4 is 51.5 Å². The molecule has 20 nitrogen and oxygen atoms in total. The molecule has 6 rings (SSSR count). The first-order valence-corrected chi connectivity index (χ1v) is 19.4. The van der Waals surface area contributed by atoms with E-state index in [9.17, 15) is 49.2 Å². The molecule has 22 heteroatoms. The van der Waals surface area contributed by atoms with Gasteiger partial charge in [-0.3, -0.25) is 19.6 Å². The Morgan fingerprint density at radius 2 is 0.543 bits per heavy atom. The summed E-state index contributed by atoms with van der Waals surface area (Å²) >= 11 is 0. The molecule has 0 fully saturated rings. The Morgan fingerprint density at radius 3 is 0.643 bits per heavy atom. The average molecular weight is 1160 g/mol. The first-order chi connectivity index (χ1) is 31.0. The van der Waals surface area contributed by atoms with Gasteiger partial charge in [0.25, 0.3) is 0 Å². The largest absolute Gasteiger partial charge is 2.00 e. The summed E-state index contributed by atoms with van der Waals surface area (Å²) in [6.45, 7) is 0. The van der Waals surface area contributed by atoms with Crippen molar-refractivity contribution in [2.75, 3.05) is 76.0 Å². The van der Waals surface area contributed by atoms with E-state index in [1.54, 1.807) is 85.2 Å². The minimum atomic E-state index is -1.14. The Balaban J connectivity index is -0.000000370. The van der Waals surface area contributed by atoms with Crippen molar-refractivity contribution in [1.29, 1.82) is 0 Å². The van der Waals surface area contributed by atoms with Gasteiger partial charge in [0.2, 0.25) is 11.8 Å². The van der Waals surface area contributed by atoms with Crippen molar-refractivity contribution in [3.05, 3.63) is 179 Å². The van der Waals surface area contributed by atoms with Crippen molar-refractivity contribution >= 4 is 58.4 Å². The number of hydrogen-bond acceptors (Lipinski definition) is 16. The van der Waals surface area contributed by atoms with Gasteiger partial charge in [-0.15, -0.1) is 0 Å². The molecule has 0 aliphatic carbocycles. The second-order valence-corrected chi connectivity index (χ2v) is 14.1. The molecule has 0 saturated heterocycles. The molecule has 2 aromatic heterocycles. The third-order valence-corrected chi connectivity index (χ3v) is 8.37. The number of rotatable bonds is 10. The fourth-order valence-corrected chi connectivity index (χ4v) is 4.60. The summed E-state index contributed by atoms with van der Waals surface area (Å²) in [5.41, 5.74) is 15.5. The number of carbonyl (C=O) groups excluding carboxylic acids is 6. The monoisotopic (exact) mass is 1170 g/mol. The predicted molar refractivity (Wildman–Crippen MR) is 256 cm³/mol. The number of carboxylic acids is 4. The smallest absolute Gasteiger partial charge is 0.545 e. The van der Waals surface area contributed by atoms with E-state index < -0.39 is 35.7 Å². The summed E-state index contributed by atoms with van der Waals surface area (Å²) < 4.78 is 0. The molecule has 0 spiro atoms. The van der Waals surface area contributed by atoms with Gasteiger partial charge in [-0.2, -0.15) is 0 Å². The number of nitrogens with two attached hydrogens (primary N) is 2. The van der Waals surface area contributed by atoms with Crippen molar-refractivity contribution in [2.45, 2.75) is 0 Å². The normalized spacial score (nSPS) is 8.80. The summed E-state index contributed by atoms with van der Waals surface area (Å²) in [6.07, 6.45) is 6.05. The number of pyridine rings is 2. The first kappa shape index (κ1) is 69.5. The van der Waals surface area contributed by atoms with Crippen LogP contribution in [0.4, 0.5) is 22.7 Å². The first-order valence-electron chi connectivity index (χ1n) is 19.4. The van der Waals surface area contributed by atoms with Gasteiger partial charge < -0.3 is 81.6 Å². The van der Waals surface area contributed by atoms with Crippen LogP contribution in [0.3, 0.4) is 0 Å². The number of aromatic nitrogens is 2. The number of aromatic carboxylic acids is 4. The molecule has 10 N–H and O–H groups in total. The molecule has 0 saturated carbocycles. The molecule has 0 atom stereocenters. The molecule has 0 unspecified atom stereocenters. The van der Waals surface area contributed by atoms with E-state index in [1.165, 1.54) is 60.9 Å².